The van der Waals surface area contributed by atoms with Gasteiger partial charge < -0.3 is 9.88 Å². The molecule has 132 valence electrons. The van der Waals surface area contributed by atoms with Crippen LogP contribution in [0, 0.1) is 5.82 Å². The molecule has 2 aliphatic rings. The van der Waals surface area contributed by atoms with Crippen LogP contribution >= 0.6 is 0 Å². The fourth-order valence-electron chi connectivity index (χ4n) is 4.30. The summed E-state index contributed by atoms with van der Waals surface area (Å²) in [4.78, 5) is 18.6. The number of aromatic amines is 1. The number of nitrogens with one attached hydrogen (secondary N) is 1. The first-order chi connectivity index (χ1) is 12.7. The average Bonchev–Trinajstić information content (AvgIpc) is 3.39. The van der Waals surface area contributed by atoms with Gasteiger partial charge >= 0.3 is 0 Å². The molecule has 3 aromatic rings. The van der Waals surface area contributed by atoms with E-state index < -0.39 is 0 Å². The minimum atomic E-state index is -0.293. The van der Waals surface area contributed by atoms with E-state index in [0.717, 1.165) is 32.1 Å². The largest absolute Gasteiger partial charge is 0.350 e. The maximum Gasteiger partial charge on any atom is 0.271 e. The summed E-state index contributed by atoms with van der Waals surface area (Å²) in [6, 6.07) is 15.5. The normalized spacial score (nSPS) is 19.3. The number of halogens is 1. The van der Waals surface area contributed by atoms with Crippen molar-refractivity contribution in [1.29, 1.82) is 0 Å². The number of hydrogen-bond acceptors (Lipinski definition) is 1. The van der Waals surface area contributed by atoms with E-state index in [2.05, 4.69) is 34.1 Å². The van der Waals surface area contributed by atoms with Crippen molar-refractivity contribution in [2.45, 2.75) is 44.2 Å². The molecule has 1 N–H and O–H groups in total. The number of carbonyl (C=O) groups excluding carboxylic acids is 1. The van der Waals surface area contributed by atoms with Crippen LogP contribution in [-0.4, -0.2) is 21.8 Å². The zero-order valence-electron chi connectivity index (χ0n) is 14.5. The molecule has 1 aromatic heterocycles. The molecule has 1 amide bonds. The molecule has 0 bridgehead atoms. The summed E-state index contributed by atoms with van der Waals surface area (Å²) in [6.45, 7) is 0. The molecule has 0 radical (unpaired) electrons. The van der Waals surface area contributed by atoms with Crippen molar-refractivity contribution in [3.05, 3.63) is 71.2 Å². The number of hydrogen-bond donors (Lipinski definition) is 1. The van der Waals surface area contributed by atoms with Gasteiger partial charge in [-0.05, 0) is 61.4 Å². The maximum absolute atomic E-state index is 14.0. The maximum atomic E-state index is 14.0. The van der Waals surface area contributed by atoms with Crippen molar-refractivity contribution in [2.24, 2.45) is 0 Å². The van der Waals surface area contributed by atoms with E-state index in [0.29, 0.717) is 22.6 Å². The lowest BCUT2D eigenvalue weighted by Gasteiger charge is -2.36. The SMILES string of the molecule is O=C(c1cc2c(F)cccc2[nH]1)N(C1CC1)C1CCCc2ccccc21. The first-order valence-electron chi connectivity index (χ1n) is 9.40. The number of fused-ring (bicyclic) bond motifs is 2. The lowest BCUT2D eigenvalue weighted by molar-refractivity contribution is 0.0633. The van der Waals surface area contributed by atoms with Crippen molar-refractivity contribution in [2.75, 3.05) is 0 Å². The Balaban J connectivity index is 1.55. The monoisotopic (exact) mass is 348 g/mol. The van der Waals surface area contributed by atoms with Crippen LogP contribution in [0.3, 0.4) is 0 Å². The third kappa shape index (κ3) is 2.52. The highest BCUT2D eigenvalue weighted by molar-refractivity contribution is 5.98. The lowest BCUT2D eigenvalue weighted by Crippen LogP contribution is -2.38. The summed E-state index contributed by atoms with van der Waals surface area (Å²) in [5.41, 5.74) is 3.79. The number of benzene rings is 2. The van der Waals surface area contributed by atoms with Gasteiger partial charge in [0.05, 0.1) is 6.04 Å². The van der Waals surface area contributed by atoms with Crippen molar-refractivity contribution in [1.82, 2.24) is 9.88 Å². The zero-order chi connectivity index (χ0) is 17.7. The fraction of sp³-hybridized carbons (Fsp3) is 0.318. The molecule has 1 heterocycles. The van der Waals surface area contributed by atoms with Crippen LogP contribution < -0.4 is 0 Å². The van der Waals surface area contributed by atoms with Crippen LogP contribution in [0.2, 0.25) is 0 Å². The van der Waals surface area contributed by atoms with E-state index in [1.165, 1.54) is 17.2 Å². The number of nitrogens with zero attached hydrogens (tertiary/aromatic N) is 1. The average molecular weight is 348 g/mol. The van der Waals surface area contributed by atoms with Gasteiger partial charge in [-0.1, -0.05) is 30.3 Å². The topological polar surface area (TPSA) is 36.1 Å². The number of aryl methyl sites for hydroxylation is 1. The Morgan fingerprint density at radius 3 is 2.73 bits per heavy atom. The molecule has 2 aromatic carbocycles. The molecule has 2 aliphatic carbocycles. The molecule has 1 unspecified atom stereocenters. The second-order valence-corrected chi connectivity index (χ2v) is 7.43. The molecule has 3 nitrogen and oxygen atoms in total. The fourth-order valence-corrected chi connectivity index (χ4v) is 4.30. The Morgan fingerprint density at radius 2 is 1.92 bits per heavy atom. The van der Waals surface area contributed by atoms with Gasteiger partial charge in [-0.25, -0.2) is 4.39 Å². The van der Waals surface area contributed by atoms with Crippen molar-refractivity contribution in [3.8, 4) is 0 Å². The first kappa shape index (κ1) is 15.6. The molecule has 26 heavy (non-hydrogen) atoms. The Bertz CT molecular complexity index is 989. The van der Waals surface area contributed by atoms with Crippen LogP contribution in [0.1, 0.15) is 53.3 Å². The Labute approximate surface area is 151 Å². The summed E-state index contributed by atoms with van der Waals surface area (Å²) < 4.78 is 14.0. The number of rotatable bonds is 3. The molecule has 5 rings (SSSR count). The van der Waals surface area contributed by atoms with Gasteiger partial charge in [-0.15, -0.1) is 0 Å². The molecule has 1 atom stereocenters. The van der Waals surface area contributed by atoms with Crippen LogP contribution in [0.25, 0.3) is 10.9 Å². The summed E-state index contributed by atoms with van der Waals surface area (Å²) in [5, 5.41) is 0.482. The number of H-pyrrole nitrogens is 1. The van der Waals surface area contributed by atoms with Crippen LogP contribution in [0.15, 0.2) is 48.5 Å². The van der Waals surface area contributed by atoms with Gasteiger partial charge in [0.15, 0.2) is 0 Å². The van der Waals surface area contributed by atoms with Crippen LogP contribution in [0.4, 0.5) is 4.39 Å². The summed E-state index contributed by atoms with van der Waals surface area (Å²) in [5.74, 6) is -0.302. The Hall–Kier alpha value is -2.62. The van der Waals surface area contributed by atoms with Gasteiger partial charge in [0.1, 0.15) is 11.5 Å². The quantitative estimate of drug-likeness (QED) is 0.711. The minimum absolute atomic E-state index is 0.00944. The number of amides is 1. The van der Waals surface area contributed by atoms with Gasteiger partial charge in [0.2, 0.25) is 0 Å². The summed E-state index contributed by atoms with van der Waals surface area (Å²) in [7, 11) is 0. The molecule has 0 spiro atoms. The molecular weight excluding hydrogens is 327 g/mol. The predicted octanol–water partition coefficient (Wildman–Crippen LogP) is 4.99. The Kier molecular flexibility index (Phi) is 3.59. The Morgan fingerprint density at radius 1 is 1.08 bits per heavy atom. The third-order valence-electron chi connectivity index (χ3n) is 5.69. The van der Waals surface area contributed by atoms with Crippen molar-refractivity contribution < 1.29 is 9.18 Å². The second kappa shape index (κ2) is 5.97. The summed E-state index contributed by atoms with van der Waals surface area (Å²) in [6.07, 6.45) is 5.28. The van der Waals surface area contributed by atoms with E-state index in [1.807, 2.05) is 6.07 Å². The van der Waals surface area contributed by atoms with E-state index in [-0.39, 0.29) is 17.8 Å². The van der Waals surface area contributed by atoms with Gasteiger partial charge in [-0.3, -0.25) is 4.79 Å². The van der Waals surface area contributed by atoms with E-state index >= 15 is 0 Å². The minimum Gasteiger partial charge on any atom is -0.350 e. The molecule has 1 fully saturated rings. The number of aromatic nitrogens is 1. The van der Waals surface area contributed by atoms with Gasteiger partial charge in [0, 0.05) is 16.9 Å². The second-order valence-electron chi connectivity index (χ2n) is 7.43. The van der Waals surface area contributed by atoms with Crippen LogP contribution in [0.5, 0.6) is 0 Å². The molecule has 1 saturated carbocycles. The molecule has 0 aliphatic heterocycles. The molecule has 0 saturated heterocycles. The predicted molar refractivity (Wildman–Crippen MR) is 99.6 cm³/mol. The van der Waals surface area contributed by atoms with Crippen LogP contribution in [-0.2, 0) is 6.42 Å². The number of carbonyl (C=O) groups is 1. The van der Waals surface area contributed by atoms with Crippen molar-refractivity contribution in [3.63, 3.8) is 0 Å². The van der Waals surface area contributed by atoms with E-state index in [1.54, 1.807) is 12.1 Å². The third-order valence-corrected chi connectivity index (χ3v) is 5.69. The zero-order valence-corrected chi connectivity index (χ0v) is 14.5. The van der Waals surface area contributed by atoms with Crippen molar-refractivity contribution >= 4 is 16.8 Å². The smallest absolute Gasteiger partial charge is 0.271 e. The standard InChI is InChI=1S/C22H21FN2O/c23-18-8-4-9-19-17(18)13-20(24-19)22(26)25(15-11-12-15)21-10-3-6-14-5-1-2-7-16(14)21/h1-2,4-5,7-9,13,15,21,24H,3,6,10-12H2. The van der Waals surface area contributed by atoms with Gasteiger partial charge in [0.25, 0.3) is 5.91 Å². The highest BCUT2D eigenvalue weighted by Gasteiger charge is 2.40. The van der Waals surface area contributed by atoms with E-state index in [4.69, 9.17) is 0 Å². The molecule has 4 heteroatoms. The van der Waals surface area contributed by atoms with Gasteiger partial charge in [-0.2, -0.15) is 0 Å². The first-order valence-corrected chi connectivity index (χ1v) is 9.40. The van der Waals surface area contributed by atoms with E-state index in [9.17, 15) is 9.18 Å². The summed E-state index contributed by atoms with van der Waals surface area (Å²) >= 11 is 0. The lowest BCUT2D eigenvalue weighted by atomic mass is 9.86. The molecular formula is C22H21FN2O. The highest BCUT2D eigenvalue weighted by Crippen LogP contribution is 2.41. The highest BCUT2D eigenvalue weighted by atomic mass is 19.1.